The molecule has 0 aliphatic carbocycles. The number of ether oxygens (including phenoxy) is 1. The Balaban J connectivity index is 2.32. The standard InChI is InChI=1S/C13H16F2N2O3/c14-9-5-8(6-11(16)13(18)19)12(7-10(9)15)17-1-3-20-4-2-17/h5,7,11H,1-4,6,16H2,(H,18,19). The van der Waals surface area contributed by atoms with Gasteiger partial charge in [0.2, 0.25) is 0 Å². The summed E-state index contributed by atoms with van der Waals surface area (Å²) in [6, 6.07) is 0.952. The first-order valence-electron chi connectivity index (χ1n) is 6.28. The van der Waals surface area contributed by atoms with Crippen LogP contribution in [0.15, 0.2) is 12.1 Å². The number of carboxylic acids is 1. The van der Waals surface area contributed by atoms with Crippen molar-refractivity contribution in [3.63, 3.8) is 0 Å². The highest BCUT2D eigenvalue weighted by atomic mass is 19.2. The minimum absolute atomic E-state index is 0.0563. The Bertz CT molecular complexity index is 505. The number of benzene rings is 1. The molecule has 1 aliphatic rings. The van der Waals surface area contributed by atoms with Crippen molar-refractivity contribution in [2.45, 2.75) is 12.5 Å². The van der Waals surface area contributed by atoms with E-state index in [9.17, 15) is 13.6 Å². The summed E-state index contributed by atoms with van der Waals surface area (Å²) in [5, 5.41) is 8.84. The molecular weight excluding hydrogens is 270 g/mol. The van der Waals surface area contributed by atoms with Crippen molar-refractivity contribution in [3.8, 4) is 0 Å². The van der Waals surface area contributed by atoms with Gasteiger partial charge in [-0.15, -0.1) is 0 Å². The van der Waals surface area contributed by atoms with E-state index in [1.807, 2.05) is 4.90 Å². The van der Waals surface area contributed by atoms with Crippen LogP contribution < -0.4 is 10.6 Å². The van der Waals surface area contributed by atoms with Crippen LogP contribution in [0.2, 0.25) is 0 Å². The van der Waals surface area contributed by atoms with Gasteiger partial charge in [0.05, 0.1) is 13.2 Å². The van der Waals surface area contributed by atoms with Crippen molar-refractivity contribution in [1.82, 2.24) is 0 Å². The van der Waals surface area contributed by atoms with E-state index in [4.69, 9.17) is 15.6 Å². The number of hydrogen-bond donors (Lipinski definition) is 2. The molecule has 7 heteroatoms. The maximum atomic E-state index is 13.4. The molecule has 1 aromatic carbocycles. The largest absolute Gasteiger partial charge is 0.480 e. The van der Waals surface area contributed by atoms with E-state index in [0.29, 0.717) is 37.6 Å². The highest BCUT2D eigenvalue weighted by molar-refractivity contribution is 5.74. The molecule has 110 valence electrons. The molecule has 1 unspecified atom stereocenters. The number of carboxylic acid groups (broad SMARTS) is 1. The molecular formula is C13H16F2N2O3. The Kier molecular flexibility index (Phi) is 4.51. The zero-order chi connectivity index (χ0) is 14.7. The molecule has 5 nitrogen and oxygen atoms in total. The second-order valence-electron chi connectivity index (χ2n) is 4.64. The van der Waals surface area contributed by atoms with Gasteiger partial charge in [0, 0.05) is 31.3 Å². The summed E-state index contributed by atoms with van der Waals surface area (Å²) >= 11 is 0. The van der Waals surface area contributed by atoms with Crippen molar-refractivity contribution in [2.24, 2.45) is 5.73 Å². The number of rotatable bonds is 4. The fourth-order valence-corrected chi connectivity index (χ4v) is 2.16. The van der Waals surface area contributed by atoms with Crippen LogP contribution in [0.4, 0.5) is 14.5 Å². The quantitative estimate of drug-likeness (QED) is 0.854. The third kappa shape index (κ3) is 3.23. The summed E-state index contributed by atoms with van der Waals surface area (Å²) in [6.07, 6.45) is -0.0563. The maximum Gasteiger partial charge on any atom is 0.320 e. The van der Waals surface area contributed by atoms with Crippen LogP contribution in [0.1, 0.15) is 5.56 Å². The van der Waals surface area contributed by atoms with Gasteiger partial charge in [-0.3, -0.25) is 4.79 Å². The smallest absolute Gasteiger partial charge is 0.320 e. The zero-order valence-electron chi connectivity index (χ0n) is 10.8. The van der Waals surface area contributed by atoms with E-state index in [2.05, 4.69) is 0 Å². The molecule has 1 heterocycles. The average molecular weight is 286 g/mol. The summed E-state index contributed by atoms with van der Waals surface area (Å²) < 4.78 is 32.0. The SMILES string of the molecule is NC(Cc1cc(F)c(F)cc1N1CCOCC1)C(=O)O. The van der Waals surface area contributed by atoms with Crippen LogP contribution in [-0.4, -0.2) is 43.4 Å². The fraction of sp³-hybridized carbons (Fsp3) is 0.462. The lowest BCUT2D eigenvalue weighted by molar-refractivity contribution is -0.138. The predicted octanol–water partition coefficient (Wildman–Crippen LogP) is 0.756. The number of carbonyl (C=O) groups is 1. The van der Waals surface area contributed by atoms with E-state index in [1.165, 1.54) is 0 Å². The van der Waals surface area contributed by atoms with E-state index in [-0.39, 0.29) is 6.42 Å². The molecule has 1 aromatic rings. The molecule has 1 saturated heterocycles. The highest BCUT2D eigenvalue weighted by Crippen LogP contribution is 2.26. The number of aliphatic carboxylic acids is 1. The molecule has 3 N–H and O–H groups in total. The molecule has 20 heavy (non-hydrogen) atoms. The Labute approximate surface area is 114 Å². The number of halogens is 2. The van der Waals surface area contributed by atoms with Crippen molar-refractivity contribution in [3.05, 3.63) is 29.3 Å². The molecule has 0 saturated carbocycles. The minimum Gasteiger partial charge on any atom is -0.480 e. The summed E-state index contributed by atoms with van der Waals surface area (Å²) in [5.74, 6) is -3.14. The van der Waals surface area contributed by atoms with Crippen LogP contribution >= 0.6 is 0 Å². The first-order valence-corrected chi connectivity index (χ1v) is 6.28. The van der Waals surface area contributed by atoms with Gasteiger partial charge >= 0.3 is 5.97 Å². The Morgan fingerprint density at radius 3 is 2.55 bits per heavy atom. The lowest BCUT2D eigenvalue weighted by atomic mass is 10.0. The molecule has 0 spiro atoms. The van der Waals surface area contributed by atoms with Crippen LogP contribution in [0.5, 0.6) is 0 Å². The third-order valence-electron chi connectivity index (χ3n) is 3.23. The monoisotopic (exact) mass is 286 g/mol. The summed E-state index contributed by atoms with van der Waals surface area (Å²) in [7, 11) is 0. The van der Waals surface area contributed by atoms with Gasteiger partial charge in [-0.25, -0.2) is 8.78 Å². The molecule has 0 amide bonds. The molecule has 1 fully saturated rings. The van der Waals surface area contributed by atoms with Gasteiger partial charge < -0.3 is 20.5 Å². The molecule has 0 aromatic heterocycles. The summed E-state index contributed by atoms with van der Waals surface area (Å²) in [5.41, 5.74) is 6.34. The van der Waals surface area contributed by atoms with Crippen LogP contribution in [0.3, 0.4) is 0 Å². The highest BCUT2D eigenvalue weighted by Gasteiger charge is 2.21. The Hall–Kier alpha value is -1.73. The van der Waals surface area contributed by atoms with Gasteiger partial charge in [0.25, 0.3) is 0 Å². The van der Waals surface area contributed by atoms with E-state index >= 15 is 0 Å². The van der Waals surface area contributed by atoms with Gasteiger partial charge in [0.1, 0.15) is 6.04 Å². The summed E-state index contributed by atoms with van der Waals surface area (Å²) in [4.78, 5) is 12.7. The number of anilines is 1. The molecule has 1 atom stereocenters. The van der Waals surface area contributed by atoms with Crippen LogP contribution in [0, 0.1) is 11.6 Å². The predicted molar refractivity (Wildman–Crippen MR) is 68.7 cm³/mol. The van der Waals surface area contributed by atoms with E-state index < -0.39 is 23.6 Å². The Morgan fingerprint density at radius 1 is 1.35 bits per heavy atom. The maximum absolute atomic E-state index is 13.4. The lowest BCUT2D eigenvalue weighted by Gasteiger charge is -2.31. The summed E-state index contributed by atoms with van der Waals surface area (Å²) in [6.45, 7) is 2.06. The second kappa shape index (κ2) is 6.15. The second-order valence-corrected chi connectivity index (χ2v) is 4.64. The molecule has 2 rings (SSSR count). The lowest BCUT2D eigenvalue weighted by Crippen LogP contribution is -2.38. The zero-order valence-corrected chi connectivity index (χ0v) is 10.8. The topological polar surface area (TPSA) is 75.8 Å². The first-order chi connectivity index (χ1) is 9.49. The van der Waals surface area contributed by atoms with E-state index in [0.717, 1.165) is 12.1 Å². The van der Waals surface area contributed by atoms with Crippen molar-refractivity contribution < 1.29 is 23.4 Å². The van der Waals surface area contributed by atoms with Gasteiger partial charge in [-0.2, -0.15) is 0 Å². The minimum atomic E-state index is -1.18. The Morgan fingerprint density at radius 2 is 1.95 bits per heavy atom. The van der Waals surface area contributed by atoms with Crippen LogP contribution in [-0.2, 0) is 16.0 Å². The van der Waals surface area contributed by atoms with E-state index in [1.54, 1.807) is 0 Å². The molecule has 0 radical (unpaired) electrons. The number of morpholine rings is 1. The van der Waals surface area contributed by atoms with Gasteiger partial charge in [-0.1, -0.05) is 0 Å². The first kappa shape index (κ1) is 14.7. The van der Waals surface area contributed by atoms with Crippen molar-refractivity contribution in [2.75, 3.05) is 31.2 Å². The normalized spacial score (nSPS) is 17.1. The average Bonchev–Trinajstić information content (AvgIpc) is 2.43. The fourth-order valence-electron chi connectivity index (χ4n) is 2.16. The van der Waals surface area contributed by atoms with Gasteiger partial charge in [0.15, 0.2) is 11.6 Å². The number of nitrogens with zero attached hydrogens (tertiary/aromatic N) is 1. The number of hydrogen-bond acceptors (Lipinski definition) is 4. The van der Waals surface area contributed by atoms with Crippen molar-refractivity contribution in [1.29, 1.82) is 0 Å². The molecule has 0 bridgehead atoms. The van der Waals surface area contributed by atoms with Crippen LogP contribution in [0.25, 0.3) is 0 Å². The van der Waals surface area contributed by atoms with Gasteiger partial charge in [-0.05, 0) is 11.6 Å². The molecule has 1 aliphatic heterocycles. The third-order valence-corrected chi connectivity index (χ3v) is 3.23. The van der Waals surface area contributed by atoms with Crippen molar-refractivity contribution >= 4 is 11.7 Å². The number of nitrogens with two attached hydrogens (primary N) is 1.